The fourth-order valence-electron chi connectivity index (χ4n) is 3.17. The number of aliphatic imine (C=N–C) groups is 1. The Kier molecular flexibility index (Phi) is 5.50. The maximum atomic E-state index is 11.7. The Morgan fingerprint density at radius 2 is 1.69 bits per heavy atom. The highest BCUT2D eigenvalue weighted by Crippen LogP contribution is 2.33. The van der Waals surface area contributed by atoms with Crippen LogP contribution in [0.4, 0.5) is 5.69 Å². The number of hydrogen-bond acceptors (Lipinski definition) is 6. The standard InChI is InChI=1S/C23H21N5O/c1-16-20(13-17-9-11-19(12-10-17)28(2)3)23(29,18-7-5-4-6-8-18)27-22(15-25)21(14-24)26-16/h4-13,27,29H,1-3H3/b20-13-. The van der Waals surface area contributed by atoms with Gasteiger partial charge in [-0.15, -0.1) is 0 Å². The molecule has 1 unspecified atom stereocenters. The largest absolute Gasteiger partial charge is 0.378 e. The summed E-state index contributed by atoms with van der Waals surface area (Å²) in [4.78, 5) is 6.30. The van der Waals surface area contributed by atoms with Gasteiger partial charge < -0.3 is 15.3 Å². The van der Waals surface area contributed by atoms with Gasteiger partial charge in [0, 0.05) is 36.6 Å². The molecule has 144 valence electrons. The van der Waals surface area contributed by atoms with Crippen LogP contribution in [0, 0.1) is 22.7 Å². The van der Waals surface area contributed by atoms with Gasteiger partial charge in [-0.2, -0.15) is 10.5 Å². The van der Waals surface area contributed by atoms with E-state index in [0.29, 0.717) is 16.8 Å². The van der Waals surface area contributed by atoms with Crippen molar-refractivity contribution in [2.45, 2.75) is 12.6 Å². The predicted molar refractivity (Wildman–Crippen MR) is 114 cm³/mol. The molecule has 0 bridgehead atoms. The SMILES string of the molecule is CC1=NC(C#N)=C(C#N)NC(O)(c2ccccc2)/C1=C\c1ccc(N(C)C)cc1. The molecule has 0 amide bonds. The molecule has 1 heterocycles. The summed E-state index contributed by atoms with van der Waals surface area (Å²) in [5.74, 6) is 0. The summed E-state index contributed by atoms with van der Waals surface area (Å²) in [6.07, 6.45) is 1.81. The third kappa shape index (κ3) is 3.89. The monoisotopic (exact) mass is 383 g/mol. The highest BCUT2D eigenvalue weighted by Gasteiger charge is 2.38. The molecule has 2 aromatic rings. The Morgan fingerprint density at radius 1 is 1.03 bits per heavy atom. The molecule has 0 saturated heterocycles. The second kappa shape index (κ2) is 8.02. The zero-order valence-corrected chi connectivity index (χ0v) is 16.5. The molecular weight excluding hydrogens is 362 g/mol. The van der Waals surface area contributed by atoms with Crippen LogP contribution < -0.4 is 10.2 Å². The molecule has 0 saturated carbocycles. The van der Waals surface area contributed by atoms with Gasteiger partial charge in [0.15, 0.2) is 17.1 Å². The van der Waals surface area contributed by atoms with E-state index in [2.05, 4.69) is 10.3 Å². The average Bonchev–Trinajstić information content (AvgIpc) is 2.84. The van der Waals surface area contributed by atoms with Crippen LogP contribution in [0.5, 0.6) is 0 Å². The van der Waals surface area contributed by atoms with E-state index in [9.17, 15) is 15.6 Å². The quantitative estimate of drug-likeness (QED) is 0.848. The summed E-state index contributed by atoms with van der Waals surface area (Å²) in [5.41, 5.74) is 1.48. The topological polar surface area (TPSA) is 95.4 Å². The van der Waals surface area contributed by atoms with Crippen molar-refractivity contribution in [1.29, 1.82) is 10.5 Å². The molecule has 0 spiro atoms. The molecule has 0 fully saturated rings. The fraction of sp³-hybridized carbons (Fsp3) is 0.174. The van der Waals surface area contributed by atoms with Crippen molar-refractivity contribution >= 4 is 17.5 Å². The van der Waals surface area contributed by atoms with Gasteiger partial charge in [-0.25, -0.2) is 4.99 Å². The number of hydrogen-bond donors (Lipinski definition) is 2. The van der Waals surface area contributed by atoms with E-state index in [1.54, 1.807) is 31.2 Å². The van der Waals surface area contributed by atoms with E-state index >= 15 is 0 Å². The zero-order chi connectivity index (χ0) is 21.0. The van der Waals surface area contributed by atoms with Gasteiger partial charge in [-0.1, -0.05) is 42.5 Å². The lowest BCUT2D eigenvalue weighted by Crippen LogP contribution is -2.44. The molecule has 0 aromatic heterocycles. The molecule has 3 rings (SSSR count). The summed E-state index contributed by atoms with van der Waals surface area (Å²) < 4.78 is 0. The molecule has 6 nitrogen and oxygen atoms in total. The van der Waals surface area contributed by atoms with Crippen LogP contribution in [0.15, 0.2) is 76.6 Å². The Morgan fingerprint density at radius 3 is 2.24 bits per heavy atom. The van der Waals surface area contributed by atoms with Crippen LogP contribution in [0.1, 0.15) is 18.1 Å². The maximum absolute atomic E-state index is 11.7. The summed E-state index contributed by atoms with van der Waals surface area (Å²) in [6, 6.07) is 20.7. The number of nitrogens with zero attached hydrogens (tertiary/aromatic N) is 4. The second-order valence-corrected chi connectivity index (χ2v) is 6.89. The Balaban J connectivity index is 2.21. The number of allylic oxidation sites excluding steroid dienone is 2. The summed E-state index contributed by atoms with van der Waals surface area (Å²) >= 11 is 0. The molecule has 1 aliphatic heterocycles. The molecule has 1 atom stereocenters. The van der Waals surface area contributed by atoms with E-state index < -0.39 is 5.72 Å². The first-order valence-electron chi connectivity index (χ1n) is 9.05. The van der Waals surface area contributed by atoms with E-state index in [0.717, 1.165) is 11.3 Å². The smallest absolute Gasteiger partial charge is 0.191 e. The van der Waals surface area contributed by atoms with Crippen molar-refractivity contribution in [2.24, 2.45) is 4.99 Å². The second-order valence-electron chi connectivity index (χ2n) is 6.89. The van der Waals surface area contributed by atoms with Gasteiger partial charge in [0.1, 0.15) is 12.1 Å². The number of nitriles is 2. The van der Waals surface area contributed by atoms with Crippen LogP contribution in [0.2, 0.25) is 0 Å². The van der Waals surface area contributed by atoms with Crippen LogP contribution in [0.3, 0.4) is 0 Å². The Hall–Kier alpha value is -3.87. The Labute approximate surface area is 170 Å². The minimum atomic E-state index is -1.72. The van der Waals surface area contributed by atoms with E-state index in [1.165, 1.54) is 0 Å². The maximum Gasteiger partial charge on any atom is 0.191 e. The van der Waals surface area contributed by atoms with Crippen molar-refractivity contribution < 1.29 is 5.11 Å². The van der Waals surface area contributed by atoms with Crippen molar-refractivity contribution in [1.82, 2.24) is 5.32 Å². The molecule has 29 heavy (non-hydrogen) atoms. The average molecular weight is 383 g/mol. The van der Waals surface area contributed by atoms with Gasteiger partial charge in [0.05, 0.1) is 0 Å². The van der Waals surface area contributed by atoms with E-state index in [4.69, 9.17) is 0 Å². The van der Waals surface area contributed by atoms with E-state index in [1.807, 2.05) is 67.5 Å². The minimum Gasteiger partial charge on any atom is -0.378 e. The van der Waals surface area contributed by atoms with E-state index in [-0.39, 0.29) is 11.4 Å². The first-order chi connectivity index (χ1) is 13.9. The highest BCUT2D eigenvalue weighted by atomic mass is 16.3. The lowest BCUT2D eigenvalue weighted by atomic mass is 9.89. The number of benzene rings is 2. The summed E-state index contributed by atoms with van der Waals surface area (Å²) in [5, 5.41) is 33.5. The lowest BCUT2D eigenvalue weighted by molar-refractivity contribution is 0.0585. The van der Waals surface area contributed by atoms with Crippen LogP contribution in [-0.2, 0) is 5.72 Å². The van der Waals surface area contributed by atoms with Crippen molar-refractivity contribution in [3.63, 3.8) is 0 Å². The van der Waals surface area contributed by atoms with Crippen LogP contribution in [0.25, 0.3) is 6.08 Å². The summed E-state index contributed by atoms with van der Waals surface area (Å²) in [7, 11) is 3.93. The highest BCUT2D eigenvalue weighted by molar-refractivity contribution is 6.05. The van der Waals surface area contributed by atoms with Gasteiger partial charge in [-0.05, 0) is 30.7 Å². The number of nitrogens with one attached hydrogen (secondary N) is 1. The van der Waals surface area contributed by atoms with Crippen LogP contribution >= 0.6 is 0 Å². The van der Waals surface area contributed by atoms with Crippen molar-refractivity contribution in [3.05, 3.63) is 82.7 Å². The van der Waals surface area contributed by atoms with Crippen LogP contribution in [-0.4, -0.2) is 24.9 Å². The Bertz CT molecular complexity index is 1080. The third-order valence-electron chi connectivity index (χ3n) is 4.73. The van der Waals surface area contributed by atoms with Gasteiger partial charge >= 0.3 is 0 Å². The summed E-state index contributed by atoms with van der Waals surface area (Å²) in [6.45, 7) is 1.72. The third-order valence-corrected chi connectivity index (χ3v) is 4.73. The number of anilines is 1. The van der Waals surface area contributed by atoms with Crippen molar-refractivity contribution in [3.8, 4) is 12.1 Å². The molecule has 0 aliphatic carbocycles. The molecule has 0 radical (unpaired) electrons. The minimum absolute atomic E-state index is 0.0642. The molecular formula is C23H21N5O. The molecule has 6 heteroatoms. The molecule has 2 aromatic carbocycles. The van der Waals surface area contributed by atoms with Gasteiger partial charge in [-0.3, -0.25) is 0 Å². The number of rotatable bonds is 3. The molecule has 2 N–H and O–H groups in total. The van der Waals surface area contributed by atoms with Gasteiger partial charge in [0.2, 0.25) is 0 Å². The lowest BCUT2D eigenvalue weighted by Gasteiger charge is -2.31. The fourth-order valence-corrected chi connectivity index (χ4v) is 3.17. The predicted octanol–water partition coefficient (Wildman–Crippen LogP) is 3.30. The normalized spacial score (nSPS) is 20.2. The molecule has 1 aliphatic rings. The first-order valence-corrected chi connectivity index (χ1v) is 9.05. The first kappa shape index (κ1) is 19.9. The van der Waals surface area contributed by atoms with Gasteiger partial charge in [0.25, 0.3) is 0 Å². The van der Waals surface area contributed by atoms with Crippen molar-refractivity contribution in [2.75, 3.05) is 19.0 Å². The zero-order valence-electron chi connectivity index (χ0n) is 16.5. The number of aliphatic hydroxyl groups is 1.